The molecule has 1 aromatic rings. The van der Waals surface area contributed by atoms with E-state index in [1.807, 2.05) is 31.2 Å². The second-order valence-corrected chi connectivity index (χ2v) is 3.92. The summed E-state index contributed by atoms with van der Waals surface area (Å²) in [6, 6.07) is 7.42. The third-order valence-electron chi connectivity index (χ3n) is 2.45. The number of rotatable bonds is 4. The molecule has 2 rings (SSSR count). The van der Waals surface area contributed by atoms with Gasteiger partial charge in [-0.3, -0.25) is 4.79 Å². The number of hydrogen-bond acceptors (Lipinski definition) is 4. The molecule has 0 aliphatic carbocycles. The summed E-state index contributed by atoms with van der Waals surface area (Å²) in [5.41, 5.74) is 2.43. The van der Waals surface area contributed by atoms with E-state index in [1.54, 1.807) is 0 Å². The number of aliphatic hydroxyl groups is 1. The molecule has 2 N–H and O–H groups in total. The minimum absolute atomic E-state index is 0.0122. The van der Waals surface area contributed by atoms with Gasteiger partial charge in [0.05, 0.1) is 18.7 Å². The van der Waals surface area contributed by atoms with Gasteiger partial charge in [-0.25, -0.2) is 5.01 Å². The first-order chi connectivity index (χ1) is 8.20. The summed E-state index contributed by atoms with van der Waals surface area (Å²) < 4.78 is 0. The number of nitrogens with one attached hydrogen (secondary N) is 1. The molecule has 0 radical (unpaired) electrons. The first-order valence-corrected chi connectivity index (χ1v) is 5.52. The Bertz CT molecular complexity index is 457. The summed E-state index contributed by atoms with van der Waals surface area (Å²) in [6.07, 6.45) is 0.383. The van der Waals surface area contributed by atoms with Crippen molar-refractivity contribution in [2.45, 2.75) is 13.3 Å². The summed E-state index contributed by atoms with van der Waals surface area (Å²) in [4.78, 5) is 11.7. The molecule has 1 aliphatic rings. The highest BCUT2D eigenvalue weighted by molar-refractivity contribution is 6.12. The zero-order valence-corrected chi connectivity index (χ0v) is 9.68. The SMILES string of the molecule is CC1=NN(c2cccc(NCCO)c2)C(=O)C1. The molecule has 5 heteroatoms. The van der Waals surface area contributed by atoms with Crippen molar-refractivity contribution in [2.24, 2.45) is 5.10 Å². The Balaban J connectivity index is 2.18. The highest BCUT2D eigenvalue weighted by Crippen LogP contribution is 2.23. The second-order valence-electron chi connectivity index (χ2n) is 3.92. The Hall–Kier alpha value is -1.88. The zero-order chi connectivity index (χ0) is 12.3. The monoisotopic (exact) mass is 233 g/mol. The smallest absolute Gasteiger partial charge is 0.253 e. The molecule has 0 bridgehead atoms. The van der Waals surface area contributed by atoms with Crippen LogP contribution in [-0.2, 0) is 4.79 Å². The fraction of sp³-hybridized carbons (Fsp3) is 0.333. The number of hydrogen-bond donors (Lipinski definition) is 2. The molecule has 1 aromatic carbocycles. The maximum absolute atomic E-state index is 11.7. The lowest BCUT2D eigenvalue weighted by molar-refractivity contribution is -0.116. The molecule has 0 saturated carbocycles. The summed E-state index contributed by atoms with van der Waals surface area (Å²) in [6.45, 7) is 2.40. The standard InChI is InChI=1S/C12H15N3O2/c1-9-7-12(17)15(14-9)11-4-2-3-10(8-11)13-5-6-16/h2-4,8,13,16H,5-7H2,1H3. The minimum Gasteiger partial charge on any atom is -0.395 e. The summed E-state index contributed by atoms with van der Waals surface area (Å²) in [5, 5.41) is 17.4. The molecule has 17 heavy (non-hydrogen) atoms. The molecule has 0 fully saturated rings. The zero-order valence-electron chi connectivity index (χ0n) is 9.68. The number of amides is 1. The Morgan fingerprint density at radius 2 is 2.35 bits per heavy atom. The van der Waals surface area contributed by atoms with Gasteiger partial charge in [0.2, 0.25) is 0 Å². The van der Waals surface area contributed by atoms with Crippen LogP contribution >= 0.6 is 0 Å². The van der Waals surface area contributed by atoms with Gasteiger partial charge in [0.25, 0.3) is 5.91 Å². The predicted octanol–water partition coefficient (Wildman–Crippen LogP) is 1.20. The maximum Gasteiger partial charge on any atom is 0.253 e. The van der Waals surface area contributed by atoms with Crippen LogP contribution in [0.25, 0.3) is 0 Å². The van der Waals surface area contributed by atoms with E-state index in [9.17, 15) is 4.79 Å². The van der Waals surface area contributed by atoms with Crippen LogP contribution in [0.1, 0.15) is 13.3 Å². The van der Waals surface area contributed by atoms with Gasteiger partial charge in [0.1, 0.15) is 0 Å². The van der Waals surface area contributed by atoms with Crippen LogP contribution in [0.4, 0.5) is 11.4 Å². The maximum atomic E-state index is 11.7. The molecule has 0 spiro atoms. The van der Waals surface area contributed by atoms with E-state index in [0.29, 0.717) is 13.0 Å². The molecule has 90 valence electrons. The number of carbonyl (C=O) groups is 1. The molecule has 1 aliphatic heterocycles. The number of hydrazone groups is 1. The van der Waals surface area contributed by atoms with Gasteiger partial charge in [0, 0.05) is 17.9 Å². The first-order valence-electron chi connectivity index (χ1n) is 5.52. The number of anilines is 2. The van der Waals surface area contributed by atoms with Crippen LogP contribution in [0.2, 0.25) is 0 Å². The van der Waals surface area contributed by atoms with Crippen molar-refractivity contribution < 1.29 is 9.90 Å². The largest absolute Gasteiger partial charge is 0.395 e. The van der Waals surface area contributed by atoms with E-state index in [2.05, 4.69) is 10.4 Å². The van der Waals surface area contributed by atoms with Gasteiger partial charge in [-0.1, -0.05) is 6.07 Å². The van der Waals surface area contributed by atoms with Crippen LogP contribution in [0.3, 0.4) is 0 Å². The number of benzene rings is 1. The number of carbonyl (C=O) groups excluding carboxylic acids is 1. The van der Waals surface area contributed by atoms with Gasteiger partial charge < -0.3 is 10.4 Å². The van der Waals surface area contributed by atoms with E-state index in [4.69, 9.17) is 5.11 Å². The van der Waals surface area contributed by atoms with Crippen LogP contribution < -0.4 is 10.3 Å². The van der Waals surface area contributed by atoms with Crippen molar-refractivity contribution in [1.82, 2.24) is 0 Å². The summed E-state index contributed by atoms with van der Waals surface area (Å²) >= 11 is 0. The fourth-order valence-corrected chi connectivity index (χ4v) is 1.71. The molecule has 5 nitrogen and oxygen atoms in total. The highest BCUT2D eigenvalue weighted by Gasteiger charge is 2.22. The molecule has 0 atom stereocenters. The third kappa shape index (κ3) is 2.62. The van der Waals surface area contributed by atoms with Crippen molar-refractivity contribution in [3.8, 4) is 0 Å². The van der Waals surface area contributed by atoms with Crippen molar-refractivity contribution in [3.63, 3.8) is 0 Å². The topological polar surface area (TPSA) is 64.9 Å². The summed E-state index contributed by atoms with van der Waals surface area (Å²) in [7, 11) is 0. The highest BCUT2D eigenvalue weighted by atomic mass is 16.3. The third-order valence-corrected chi connectivity index (χ3v) is 2.45. The van der Waals surface area contributed by atoms with Gasteiger partial charge in [0.15, 0.2) is 0 Å². The van der Waals surface area contributed by atoms with Crippen LogP contribution in [-0.4, -0.2) is 29.9 Å². The van der Waals surface area contributed by atoms with E-state index < -0.39 is 0 Å². The fourth-order valence-electron chi connectivity index (χ4n) is 1.71. The first kappa shape index (κ1) is 11.6. The average Bonchev–Trinajstić information content (AvgIpc) is 2.66. The summed E-state index contributed by atoms with van der Waals surface area (Å²) in [5.74, 6) is -0.0122. The van der Waals surface area contributed by atoms with Gasteiger partial charge >= 0.3 is 0 Å². The average molecular weight is 233 g/mol. The van der Waals surface area contributed by atoms with E-state index in [0.717, 1.165) is 17.1 Å². The molecule has 0 unspecified atom stereocenters. The van der Waals surface area contributed by atoms with Crippen LogP contribution in [0, 0.1) is 0 Å². The van der Waals surface area contributed by atoms with Crippen LogP contribution in [0.5, 0.6) is 0 Å². The minimum atomic E-state index is -0.0122. The van der Waals surface area contributed by atoms with Crippen molar-refractivity contribution in [1.29, 1.82) is 0 Å². The van der Waals surface area contributed by atoms with Crippen molar-refractivity contribution in [3.05, 3.63) is 24.3 Å². The van der Waals surface area contributed by atoms with Gasteiger partial charge in [-0.05, 0) is 25.1 Å². The Kier molecular flexibility index (Phi) is 3.39. The molecule has 1 amide bonds. The second kappa shape index (κ2) is 4.97. The van der Waals surface area contributed by atoms with Crippen LogP contribution in [0.15, 0.2) is 29.4 Å². The Morgan fingerprint density at radius 1 is 1.53 bits per heavy atom. The van der Waals surface area contributed by atoms with Gasteiger partial charge in [-0.2, -0.15) is 5.10 Å². The molecule has 0 aromatic heterocycles. The molecular formula is C12H15N3O2. The van der Waals surface area contributed by atoms with Crippen molar-refractivity contribution in [2.75, 3.05) is 23.5 Å². The normalized spacial score (nSPS) is 15.1. The lowest BCUT2D eigenvalue weighted by Gasteiger charge is -2.13. The Labute approximate surface area is 99.7 Å². The van der Waals surface area contributed by atoms with E-state index in [1.165, 1.54) is 5.01 Å². The molecular weight excluding hydrogens is 218 g/mol. The Morgan fingerprint density at radius 3 is 3.00 bits per heavy atom. The van der Waals surface area contributed by atoms with E-state index >= 15 is 0 Å². The van der Waals surface area contributed by atoms with Crippen molar-refractivity contribution >= 4 is 23.0 Å². The lowest BCUT2D eigenvalue weighted by Crippen LogP contribution is -2.19. The number of aliphatic hydroxyl groups excluding tert-OH is 1. The molecule has 0 saturated heterocycles. The van der Waals surface area contributed by atoms with Gasteiger partial charge in [-0.15, -0.1) is 0 Å². The predicted molar refractivity (Wildman–Crippen MR) is 67.2 cm³/mol. The van der Waals surface area contributed by atoms with E-state index in [-0.39, 0.29) is 12.5 Å². The number of nitrogens with zero attached hydrogens (tertiary/aromatic N) is 2. The lowest BCUT2D eigenvalue weighted by atomic mass is 10.2. The molecule has 1 heterocycles. The quantitative estimate of drug-likeness (QED) is 0.821.